The molecule has 3 rings (SSSR count). The minimum absolute atomic E-state index is 0.0198. The van der Waals surface area contributed by atoms with E-state index in [2.05, 4.69) is 15.8 Å². The van der Waals surface area contributed by atoms with Crippen molar-refractivity contribution in [1.82, 2.24) is 5.43 Å². The Hall–Kier alpha value is -3.26. The average Bonchev–Trinajstić information content (AvgIpc) is 2.73. The van der Waals surface area contributed by atoms with E-state index < -0.39 is 5.91 Å². The normalized spacial score (nSPS) is 12.8. The second-order valence-electron chi connectivity index (χ2n) is 6.67. The maximum absolute atomic E-state index is 12.2. The lowest BCUT2D eigenvalue weighted by molar-refractivity contribution is -0.123. The summed E-state index contributed by atoms with van der Waals surface area (Å²) < 4.78 is 16.3. The van der Waals surface area contributed by atoms with Crippen molar-refractivity contribution in [3.63, 3.8) is 0 Å². The predicted molar refractivity (Wildman–Crippen MR) is 114 cm³/mol. The molecule has 0 atom stereocenters. The van der Waals surface area contributed by atoms with Crippen LogP contribution in [-0.4, -0.2) is 37.3 Å². The van der Waals surface area contributed by atoms with Crippen molar-refractivity contribution in [3.8, 4) is 17.2 Å². The fourth-order valence-corrected chi connectivity index (χ4v) is 2.76. The summed E-state index contributed by atoms with van der Waals surface area (Å²) in [6, 6.07) is 10.3. The number of rotatable bonds is 7. The number of halogens is 1. The molecule has 1 aliphatic rings. The third kappa shape index (κ3) is 6.12. The molecule has 0 unspecified atom stereocenters. The Bertz CT molecular complexity index is 977. The molecule has 2 aromatic carbocycles. The largest absolute Gasteiger partial charge is 0.486 e. The monoisotopic (exact) mass is 431 g/mol. The highest BCUT2D eigenvalue weighted by atomic mass is 35.5. The van der Waals surface area contributed by atoms with Crippen molar-refractivity contribution in [2.24, 2.45) is 5.10 Å². The van der Waals surface area contributed by atoms with Crippen LogP contribution in [-0.2, 0) is 9.59 Å². The zero-order valence-corrected chi connectivity index (χ0v) is 17.4. The number of hydrogen-bond acceptors (Lipinski definition) is 6. The summed E-state index contributed by atoms with van der Waals surface area (Å²) in [4.78, 5) is 24.1. The number of anilines is 1. The molecular weight excluding hydrogens is 410 g/mol. The van der Waals surface area contributed by atoms with Gasteiger partial charge in [-0.15, -0.1) is 0 Å². The first-order valence-corrected chi connectivity index (χ1v) is 9.69. The van der Waals surface area contributed by atoms with Gasteiger partial charge >= 0.3 is 0 Å². The number of benzene rings is 2. The van der Waals surface area contributed by atoms with Crippen LogP contribution in [0, 0.1) is 6.92 Å². The Labute approximate surface area is 179 Å². The molecule has 9 heteroatoms. The molecule has 1 heterocycles. The lowest BCUT2D eigenvalue weighted by atomic mass is 10.2. The number of nitrogens with one attached hydrogen (secondary N) is 2. The highest BCUT2D eigenvalue weighted by molar-refractivity contribution is 6.31. The van der Waals surface area contributed by atoms with Gasteiger partial charge in [0.2, 0.25) is 5.91 Å². The number of carbonyl (C=O) groups is 2. The number of fused-ring (bicyclic) bond motifs is 1. The number of aryl methyl sites for hydroxylation is 1. The van der Waals surface area contributed by atoms with Gasteiger partial charge in [-0.2, -0.15) is 5.10 Å². The molecule has 30 heavy (non-hydrogen) atoms. The van der Waals surface area contributed by atoms with Gasteiger partial charge in [0.1, 0.15) is 19.0 Å². The average molecular weight is 432 g/mol. The van der Waals surface area contributed by atoms with Gasteiger partial charge < -0.3 is 19.5 Å². The number of amides is 2. The van der Waals surface area contributed by atoms with Crippen LogP contribution in [0.4, 0.5) is 5.69 Å². The van der Waals surface area contributed by atoms with E-state index in [4.69, 9.17) is 25.8 Å². The van der Waals surface area contributed by atoms with Gasteiger partial charge in [-0.05, 0) is 49.7 Å². The maximum atomic E-state index is 12.2. The fraction of sp³-hybridized carbons (Fsp3) is 0.286. The van der Waals surface area contributed by atoms with Gasteiger partial charge in [0, 0.05) is 22.5 Å². The minimum Gasteiger partial charge on any atom is -0.486 e. The first-order chi connectivity index (χ1) is 14.4. The summed E-state index contributed by atoms with van der Waals surface area (Å²) in [5.41, 5.74) is 4.26. The summed E-state index contributed by atoms with van der Waals surface area (Å²) in [7, 11) is 0. The van der Waals surface area contributed by atoms with Gasteiger partial charge in [0.25, 0.3) is 5.91 Å². The van der Waals surface area contributed by atoms with Gasteiger partial charge in [-0.25, -0.2) is 5.43 Å². The Kier molecular flexibility index (Phi) is 7.13. The first kappa shape index (κ1) is 21.4. The Morgan fingerprint density at radius 3 is 2.63 bits per heavy atom. The summed E-state index contributed by atoms with van der Waals surface area (Å²) in [6.45, 7) is 4.26. The van der Waals surface area contributed by atoms with Crippen molar-refractivity contribution in [3.05, 3.63) is 47.0 Å². The molecule has 158 valence electrons. The van der Waals surface area contributed by atoms with Crippen LogP contribution in [0.2, 0.25) is 5.02 Å². The summed E-state index contributed by atoms with van der Waals surface area (Å²) in [5, 5.41) is 7.32. The molecule has 0 radical (unpaired) electrons. The molecule has 8 nitrogen and oxygen atoms in total. The van der Waals surface area contributed by atoms with Crippen LogP contribution in [0.1, 0.15) is 18.9 Å². The predicted octanol–water partition coefficient (Wildman–Crippen LogP) is 3.32. The zero-order valence-electron chi connectivity index (χ0n) is 16.7. The third-order valence-electron chi connectivity index (χ3n) is 4.11. The smallest absolute Gasteiger partial charge is 0.277 e. The molecule has 0 bridgehead atoms. The molecule has 0 aliphatic carbocycles. The molecule has 1 aliphatic heterocycles. The van der Waals surface area contributed by atoms with Gasteiger partial charge in [-0.1, -0.05) is 11.6 Å². The molecule has 0 aromatic heterocycles. The summed E-state index contributed by atoms with van der Waals surface area (Å²) in [6.07, 6.45) is 0.0198. The van der Waals surface area contributed by atoms with Crippen LogP contribution in [0.25, 0.3) is 0 Å². The van der Waals surface area contributed by atoms with Crippen molar-refractivity contribution >= 4 is 34.8 Å². The van der Waals surface area contributed by atoms with Crippen LogP contribution in [0.3, 0.4) is 0 Å². The van der Waals surface area contributed by atoms with Crippen LogP contribution >= 0.6 is 11.6 Å². The third-order valence-corrected chi connectivity index (χ3v) is 4.54. The van der Waals surface area contributed by atoms with E-state index in [0.717, 1.165) is 5.56 Å². The van der Waals surface area contributed by atoms with Crippen molar-refractivity contribution in [2.45, 2.75) is 20.3 Å². The molecule has 0 spiro atoms. The first-order valence-electron chi connectivity index (χ1n) is 9.31. The van der Waals surface area contributed by atoms with Crippen molar-refractivity contribution in [2.75, 3.05) is 25.1 Å². The Morgan fingerprint density at radius 1 is 1.10 bits per heavy atom. The lowest BCUT2D eigenvalue weighted by Gasteiger charge is -2.19. The second kappa shape index (κ2) is 9.98. The highest BCUT2D eigenvalue weighted by Gasteiger charge is 2.13. The van der Waals surface area contributed by atoms with E-state index in [1.54, 1.807) is 43.3 Å². The molecule has 0 fully saturated rings. The number of ether oxygens (including phenoxy) is 3. The van der Waals surface area contributed by atoms with E-state index in [1.165, 1.54) is 0 Å². The van der Waals surface area contributed by atoms with E-state index in [9.17, 15) is 9.59 Å². The van der Waals surface area contributed by atoms with Crippen LogP contribution < -0.4 is 25.0 Å². The Balaban J connectivity index is 1.44. The Morgan fingerprint density at radius 2 is 1.87 bits per heavy atom. The van der Waals surface area contributed by atoms with E-state index in [-0.39, 0.29) is 18.9 Å². The molecule has 2 aromatic rings. The summed E-state index contributed by atoms with van der Waals surface area (Å²) in [5.74, 6) is 1.07. The molecule has 2 N–H and O–H groups in total. The number of hydrogen-bond donors (Lipinski definition) is 2. The number of carbonyl (C=O) groups excluding carboxylic acids is 2. The molecule has 2 amide bonds. The topological polar surface area (TPSA) is 98.3 Å². The maximum Gasteiger partial charge on any atom is 0.277 e. The molecule has 0 saturated heterocycles. The van der Waals surface area contributed by atoms with Gasteiger partial charge in [0.05, 0.1) is 6.42 Å². The zero-order chi connectivity index (χ0) is 21.5. The minimum atomic E-state index is -0.436. The number of hydrazone groups is 1. The van der Waals surface area contributed by atoms with E-state index in [1.807, 2.05) is 6.92 Å². The van der Waals surface area contributed by atoms with Crippen molar-refractivity contribution < 1.29 is 23.8 Å². The van der Waals surface area contributed by atoms with Crippen LogP contribution in [0.15, 0.2) is 41.5 Å². The fourth-order valence-electron chi connectivity index (χ4n) is 2.64. The molecule has 0 saturated carbocycles. The number of nitrogens with zero attached hydrogens (tertiary/aromatic N) is 1. The summed E-state index contributed by atoms with van der Waals surface area (Å²) >= 11 is 5.95. The van der Waals surface area contributed by atoms with E-state index in [0.29, 0.717) is 46.9 Å². The second-order valence-corrected chi connectivity index (χ2v) is 7.07. The van der Waals surface area contributed by atoms with E-state index >= 15 is 0 Å². The highest BCUT2D eigenvalue weighted by Crippen LogP contribution is 2.32. The standard InChI is InChI=1S/C21H22ClN3O5/c1-13-9-16(4-5-17(13)22)30-12-21(27)25-24-14(2)10-20(26)23-15-3-6-18-19(11-15)29-8-7-28-18/h3-6,9,11H,7-8,10,12H2,1-2H3,(H,23,26)(H,25,27)/b24-14+. The van der Waals surface area contributed by atoms with Gasteiger partial charge in [0.15, 0.2) is 18.1 Å². The lowest BCUT2D eigenvalue weighted by Crippen LogP contribution is -2.26. The van der Waals surface area contributed by atoms with Crippen molar-refractivity contribution in [1.29, 1.82) is 0 Å². The quantitative estimate of drug-likeness (QED) is 0.517. The SMILES string of the molecule is C/C(CC(=O)Nc1ccc2c(c1)OCCO2)=N\NC(=O)COc1ccc(Cl)c(C)c1. The molecular formula is C21H22ClN3O5. The van der Waals surface area contributed by atoms with Gasteiger partial charge in [-0.3, -0.25) is 9.59 Å². The van der Waals surface area contributed by atoms with Crippen LogP contribution in [0.5, 0.6) is 17.2 Å².